The van der Waals surface area contributed by atoms with Crippen molar-refractivity contribution in [3.8, 4) is 5.75 Å². The number of nitrogens with two attached hydrogens (primary N) is 1. The van der Waals surface area contributed by atoms with E-state index in [0.29, 0.717) is 0 Å². The van der Waals surface area contributed by atoms with Crippen molar-refractivity contribution in [2.24, 2.45) is 5.73 Å². The van der Waals surface area contributed by atoms with Crippen LogP contribution in [0.4, 0.5) is 0 Å². The molecule has 3 amide bonds. The van der Waals surface area contributed by atoms with Crippen LogP contribution in [0.1, 0.15) is 22.3 Å². The number of aromatic amines is 1. The van der Waals surface area contributed by atoms with Gasteiger partial charge >= 0.3 is 5.97 Å². The van der Waals surface area contributed by atoms with Crippen LogP contribution in [0.15, 0.2) is 115 Å². The molecule has 0 aliphatic heterocycles. The van der Waals surface area contributed by atoms with Crippen molar-refractivity contribution in [2.75, 3.05) is 0 Å². The van der Waals surface area contributed by atoms with Gasteiger partial charge in [0.2, 0.25) is 17.7 Å². The second-order valence-corrected chi connectivity index (χ2v) is 11.9. The molecule has 0 bridgehead atoms. The van der Waals surface area contributed by atoms with Gasteiger partial charge in [-0.05, 0) is 46.9 Å². The van der Waals surface area contributed by atoms with Gasteiger partial charge in [0, 0.05) is 36.4 Å². The van der Waals surface area contributed by atoms with Gasteiger partial charge < -0.3 is 36.9 Å². The molecule has 1 heterocycles. The van der Waals surface area contributed by atoms with Crippen LogP contribution in [0, 0.1) is 0 Å². The predicted molar refractivity (Wildman–Crippen MR) is 186 cm³/mol. The molecule has 5 rings (SSSR count). The van der Waals surface area contributed by atoms with E-state index in [1.807, 2.05) is 60.7 Å². The molecule has 0 saturated carbocycles. The average Bonchev–Trinajstić information content (AvgIpc) is 3.51. The van der Waals surface area contributed by atoms with Gasteiger partial charge in [-0.15, -0.1) is 0 Å². The smallest absolute Gasteiger partial charge is 0.326 e. The van der Waals surface area contributed by atoms with Crippen molar-refractivity contribution >= 4 is 34.6 Å². The van der Waals surface area contributed by atoms with Crippen molar-refractivity contribution in [1.82, 2.24) is 20.9 Å². The number of nitrogens with one attached hydrogen (secondary N) is 4. The number of hydrogen-bond donors (Lipinski definition) is 7. The van der Waals surface area contributed by atoms with Gasteiger partial charge in [0.05, 0.1) is 6.04 Å². The van der Waals surface area contributed by atoms with E-state index in [9.17, 15) is 29.4 Å². The molecule has 0 radical (unpaired) electrons. The maximum absolute atomic E-state index is 13.9. The number of amides is 3. The summed E-state index contributed by atoms with van der Waals surface area (Å²) in [6.45, 7) is 0. The molecule has 11 nitrogen and oxygen atoms in total. The summed E-state index contributed by atoms with van der Waals surface area (Å²) in [4.78, 5) is 56.5. The number of carbonyl (C=O) groups is 4. The van der Waals surface area contributed by atoms with Crippen molar-refractivity contribution in [1.29, 1.82) is 0 Å². The van der Waals surface area contributed by atoms with Crippen LogP contribution in [0.5, 0.6) is 5.75 Å². The van der Waals surface area contributed by atoms with E-state index >= 15 is 0 Å². The summed E-state index contributed by atoms with van der Waals surface area (Å²) in [5, 5.41) is 28.7. The molecule has 4 atom stereocenters. The number of rotatable bonds is 15. The fraction of sp³-hybridized carbons (Fsp3) is 0.211. The van der Waals surface area contributed by atoms with E-state index in [1.165, 1.54) is 12.1 Å². The highest BCUT2D eigenvalue weighted by molar-refractivity contribution is 5.94. The SMILES string of the molecule is NC(Cc1ccc(O)cc1)C(=O)NC(Cc1ccccc1)C(=O)NC(Cc1ccccc1)C(=O)NC(Cc1c[nH]c2ccccc12)C(=O)O. The number of aliphatic carboxylic acids is 1. The fourth-order valence-corrected chi connectivity index (χ4v) is 5.64. The topological polar surface area (TPSA) is 187 Å². The lowest BCUT2D eigenvalue weighted by Gasteiger charge is -2.25. The molecule has 0 aliphatic rings. The minimum Gasteiger partial charge on any atom is -0.508 e. The summed E-state index contributed by atoms with van der Waals surface area (Å²) in [5.74, 6) is -3.02. The maximum atomic E-state index is 13.9. The Morgan fingerprint density at radius 3 is 1.65 bits per heavy atom. The number of phenolic OH excluding ortho intramolecular Hbond substituents is 1. The quantitative estimate of drug-likeness (QED) is 0.0899. The van der Waals surface area contributed by atoms with Gasteiger partial charge in [0.25, 0.3) is 0 Å². The van der Waals surface area contributed by atoms with Crippen LogP contribution in [0.2, 0.25) is 0 Å². The van der Waals surface area contributed by atoms with Gasteiger partial charge in [-0.25, -0.2) is 4.79 Å². The standard InChI is InChI=1S/C38H39N5O6/c39-30(19-26-15-17-28(44)18-16-26)35(45)41-32(20-24-9-3-1-4-10-24)36(46)42-33(21-25-11-5-2-6-12-25)37(47)43-34(38(48)49)22-27-23-40-31-14-8-7-13-29(27)31/h1-18,23,30,32-34,40,44H,19-22,39H2,(H,41,45)(H,42,46)(H,43,47)(H,48,49). The summed E-state index contributed by atoms with van der Waals surface area (Å²) in [5.41, 5.74) is 10.0. The Balaban J connectivity index is 1.35. The molecule has 1 aromatic heterocycles. The lowest BCUT2D eigenvalue weighted by molar-refractivity contribution is -0.142. The number of hydrogen-bond acceptors (Lipinski definition) is 6. The molecule has 0 spiro atoms. The molecule has 252 valence electrons. The number of phenols is 1. The van der Waals surface area contributed by atoms with Crippen molar-refractivity contribution in [2.45, 2.75) is 49.9 Å². The highest BCUT2D eigenvalue weighted by Gasteiger charge is 2.31. The lowest BCUT2D eigenvalue weighted by atomic mass is 10.0. The van der Waals surface area contributed by atoms with E-state index in [1.54, 1.807) is 42.6 Å². The van der Waals surface area contributed by atoms with E-state index in [4.69, 9.17) is 5.73 Å². The number of fused-ring (bicyclic) bond motifs is 1. The largest absolute Gasteiger partial charge is 0.508 e. The number of aromatic nitrogens is 1. The Kier molecular flexibility index (Phi) is 11.4. The Bertz CT molecular complexity index is 1880. The van der Waals surface area contributed by atoms with Crippen LogP contribution in [-0.4, -0.2) is 63.1 Å². The van der Waals surface area contributed by atoms with Crippen molar-refractivity contribution < 1.29 is 29.4 Å². The number of carboxylic acid groups (broad SMARTS) is 1. The first-order chi connectivity index (χ1) is 23.7. The molecule has 4 unspecified atom stereocenters. The van der Waals surface area contributed by atoms with E-state index in [2.05, 4.69) is 20.9 Å². The van der Waals surface area contributed by atoms with Crippen LogP contribution in [0.25, 0.3) is 10.9 Å². The normalized spacial score (nSPS) is 13.5. The van der Waals surface area contributed by atoms with Gasteiger partial charge in [0.1, 0.15) is 23.9 Å². The second kappa shape index (κ2) is 16.2. The third kappa shape index (κ3) is 9.55. The molecule has 0 fully saturated rings. The van der Waals surface area contributed by atoms with Crippen molar-refractivity contribution in [3.63, 3.8) is 0 Å². The third-order valence-corrected chi connectivity index (χ3v) is 8.27. The lowest BCUT2D eigenvalue weighted by Crippen LogP contribution is -2.58. The number of H-pyrrole nitrogens is 1. The first kappa shape index (κ1) is 34.4. The Hall–Kier alpha value is -5.94. The zero-order valence-electron chi connectivity index (χ0n) is 26.7. The van der Waals surface area contributed by atoms with Gasteiger partial charge in [-0.2, -0.15) is 0 Å². The summed E-state index contributed by atoms with van der Waals surface area (Å²) < 4.78 is 0. The zero-order chi connectivity index (χ0) is 34.8. The van der Waals surface area contributed by atoms with Crippen LogP contribution >= 0.6 is 0 Å². The molecular weight excluding hydrogens is 622 g/mol. The van der Waals surface area contributed by atoms with Crippen LogP contribution in [0.3, 0.4) is 0 Å². The van der Waals surface area contributed by atoms with Gasteiger partial charge in [-0.3, -0.25) is 14.4 Å². The number of benzene rings is 4. The van der Waals surface area contributed by atoms with Gasteiger partial charge in [-0.1, -0.05) is 91.0 Å². The Morgan fingerprint density at radius 1 is 0.592 bits per heavy atom. The molecule has 5 aromatic rings. The monoisotopic (exact) mass is 661 g/mol. The first-order valence-electron chi connectivity index (χ1n) is 16.0. The highest BCUT2D eigenvalue weighted by atomic mass is 16.4. The first-order valence-corrected chi connectivity index (χ1v) is 16.0. The zero-order valence-corrected chi connectivity index (χ0v) is 26.7. The number of aromatic hydroxyl groups is 1. The minimum absolute atomic E-state index is 0.0166. The number of carboxylic acids is 1. The Morgan fingerprint density at radius 2 is 1.08 bits per heavy atom. The molecule has 8 N–H and O–H groups in total. The minimum atomic E-state index is -1.28. The third-order valence-electron chi connectivity index (χ3n) is 8.27. The number of para-hydroxylation sites is 1. The molecule has 0 aliphatic carbocycles. The molecule has 0 saturated heterocycles. The summed E-state index contributed by atoms with van der Waals surface area (Å²) in [7, 11) is 0. The van der Waals surface area contributed by atoms with E-state index < -0.39 is 47.9 Å². The molecule has 4 aromatic carbocycles. The van der Waals surface area contributed by atoms with Crippen LogP contribution < -0.4 is 21.7 Å². The Labute approximate surface area is 283 Å². The van der Waals surface area contributed by atoms with Crippen LogP contribution in [-0.2, 0) is 44.9 Å². The fourth-order valence-electron chi connectivity index (χ4n) is 5.64. The molecule has 49 heavy (non-hydrogen) atoms. The average molecular weight is 662 g/mol. The molecular formula is C38H39N5O6. The van der Waals surface area contributed by atoms with E-state index in [0.717, 1.165) is 33.2 Å². The summed E-state index contributed by atoms with van der Waals surface area (Å²) in [6, 6.07) is 27.4. The van der Waals surface area contributed by atoms with Gasteiger partial charge in [0.15, 0.2) is 0 Å². The maximum Gasteiger partial charge on any atom is 0.326 e. The second-order valence-electron chi connectivity index (χ2n) is 11.9. The summed E-state index contributed by atoms with van der Waals surface area (Å²) >= 11 is 0. The molecule has 11 heteroatoms. The number of carbonyl (C=O) groups excluding carboxylic acids is 3. The highest BCUT2D eigenvalue weighted by Crippen LogP contribution is 2.19. The predicted octanol–water partition coefficient (Wildman–Crippen LogP) is 3.01. The van der Waals surface area contributed by atoms with E-state index in [-0.39, 0.29) is 31.4 Å². The summed E-state index contributed by atoms with van der Waals surface area (Å²) in [6.07, 6.45) is 2.09. The van der Waals surface area contributed by atoms with Crippen molar-refractivity contribution in [3.05, 3.63) is 138 Å².